The molecule has 0 N–H and O–H groups in total. The third-order valence-electron chi connectivity index (χ3n) is 20.4. The fourth-order valence-corrected chi connectivity index (χ4v) is 16.1. The summed E-state index contributed by atoms with van der Waals surface area (Å²) in [7, 11) is 0. The smallest absolute Gasteiger partial charge is 0.136 e. The van der Waals surface area contributed by atoms with Crippen LogP contribution in [0.2, 0.25) is 0 Å². The van der Waals surface area contributed by atoms with Crippen LogP contribution in [-0.2, 0) is 0 Å². The first-order valence-electron chi connectivity index (χ1n) is 33.1. The third-order valence-corrected chi connectivity index (χ3v) is 20.4. The van der Waals surface area contributed by atoms with Crippen LogP contribution in [0.15, 0.2) is 349 Å². The van der Waals surface area contributed by atoms with Crippen LogP contribution < -0.4 is 0 Å². The summed E-state index contributed by atoms with van der Waals surface area (Å²) in [4.78, 5) is 0. The van der Waals surface area contributed by atoms with Crippen molar-refractivity contribution in [3.8, 4) is 89.0 Å². The molecule has 2 aromatic heterocycles. The van der Waals surface area contributed by atoms with Gasteiger partial charge >= 0.3 is 0 Å². The summed E-state index contributed by atoms with van der Waals surface area (Å²) < 4.78 is 13.5. The van der Waals surface area contributed by atoms with Gasteiger partial charge in [0.15, 0.2) is 0 Å². The quantitative estimate of drug-likeness (QED) is 0.112. The van der Waals surface area contributed by atoms with E-state index in [-0.39, 0.29) is 0 Å². The van der Waals surface area contributed by atoms with E-state index in [0.717, 1.165) is 71.7 Å². The monoisotopic (exact) mass is 1220 g/mol. The van der Waals surface area contributed by atoms with Crippen molar-refractivity contribution >= 4 is 119 Å². The molecule has 0 fully saturated rings. The topological polar surface area (TPSA) is 26.3 Å². The Morgan fingerprint density at radius 3 is 1.19 bits per heavy atom. The van der Waals surface area contributed by atoms with Gasteiger partial charge in [-0.1, -0.05) is 279 Å². The van der Waals surface area contributed by atoms with Crippen LogP contribution in [0.3, 0.4) is 0 Å². The van der Waals surface area contributed by atoms with Gasteiger partial charge in [0.2, 0.25) is 0 Å². The standard InChI is InChI=1S/C94H56O2/c1-2-20-60(21-3-1)89-72-27-8-12-31-76(72)92(77-32-13-9-28-73(77)89)82-36-18-38-87-94(82)84-54-64(47-50-85(84)95-87)59-41-39-58(40-42-59)62-45-48-69-68(52-62)55-83(71-26-7-6-25-70(69)71)66-23-16-24-67(53-66)90-74-29-10-14-33-78(74)91(79-34-15-11-30-75(79)90)81-35-17-37-86-93(81)80-49-46-65(56-88(80)96-86)63-44-43-57-19-4-5-22-61(57)51-63/h1-56H. The van der Waals surface area contributed by atoms with Gasteiger partial charge in [-0.2, -0.15) is 0 Å². The lowest BCUT2D eigenvalue weighted by Crippen LogP contribution is -1.92. The molecule has 20 aromatic rings. The van der Waals surface area contributed by atoms with Gasteiger partial charge in [-0.05, 0) is 225 Å². The second-order valence-corrected chi connectivity index (χ2v) is 25.7. The molecule has 18 aromatic carbocycles. The molecule has 2 heteroatoms. The molecule has 2 heterocycles. The van der Waals surface area contributed by atoms with Crippen molar-refractivity contribution in [1.82, 2.24) is 0 Å². The first kappa shape index (κ1) is 54.0. The maximum absolute atomic E-state index is 6.80. The van der Waals surface area contributed by atoms with E-state index in [2.05, 4.69) is 340 Å². The van der Waals surface area contributed by atoms with Crippen LogP contribution in [0.1, 0.15) is 0 Å². The predicted octanol–water partition coefficient (Wildman–Crippen LogP) is 26.9. The van der Waals surface area contributed by atoms with E-state index in [1.807, 2.05) is 0 Å². The number of benzene rings is 18. The molecule has 0 atom stereocenters. The Kier molecular flexibility index (Phi) is 12.1. The van der Waals surface area contributed by atoms with E-state index < -0.39 is 0 Å². The molecular weight excluding hydrogens is 1160 g/mol. The first-order valence-corrected chi connectivity index (χ1v) is 33.1. The van der Waals surface area contributed by atoms with E-state index in [0.29, 0.717) is 0 Å². The second-order valence-electron chi connectivity index (χ2n) is 25.7. The zero-order valence-corrected chi connectivity index (χ0v) is 52.1. The van der Waals surface area contributed by atoms with E-state index in [9.17, 15) is 0 Å². The van der Waals surface area contributed by atoms with Crippen molar-refractivity contribution < 1.29 is 8.83 Å². The number of furan rings is 2. The van der Waals surface area contributed by atoms with Gasteiger partial charge in [-0.3, -0.25) is 0 Å². The maximum Gasteiger partial charge on any atom is 0.136 e. The zero-order valence-electron chi connectivity index (χ0n) is 52.1. The average molecular weight is 1220 g/mol. The van der Waals surface area contributed by atoms with Gasteiger partial charge in [-0.15, -0.1) is 0 Å². The maximum atomic E-state index is 6.80. The van der Waals surface area contributed by atoms with Crippen LogP contribution in [0.5, 0.6) is 0 Å². The Hall–Kier alpha value is -12.6. The lowest BCUT2D eigenvalue weighted by atomic mass is 9.84. The fraction of sp³-hybridized carbons (Fsp3) is 0. The zero-order chi connectivity index (χ0) is 63.0. The number of fused-ring (bicyclic) bond motifs is 14. The van der Waals surface area contributed by atoms with Crippen LogP contribution in [0.4, 0.5) is 0 Å². The molecule has 0 radical (unpaired) electrons. The van der Waals surface area contributed by atoms with E-state index in [1.165, 1.54) is 137 Å². The summed E-state index contributed by atoms with van der Waals surface area (Å²) in [6, 6.07) is 125. The van der Waals surface area contributed by atoms with Crippen LogP contribution in [0.25, 0.3) is 208 Å². The molecule has 0 aliphatic heterocycles. The predicted molar refractivity (Wildman–Crippen MR) is 407 cm³/mol. The molecule has 0 aliphatic carbocycles. The average Bonchev–Trinajstić information content (AvgIpc) is 1.07. The van der Waals surface area contributed by atoms with Gasteiger partial charge in [0.1, 0.15) is 22.3 Å². The van der Waals surface area contributed by atoms with Gasteiger partial charge in [0, 0.05) is 21.5 Å². The largest absolute Gasteiger partial charge is 0.456 e. The van der Waals surface area contributed by atoms with Crippen molar-refractivity contribution in [2.24, 2.45) is 0 Å². The Labute approximate surface area is 553 Å². The minimum Gasteiger partial charge on any atom is -0.456 e. The molecule has 2 nitrogen and oxygen atoms in total. The number of hydrogen-bond donors (Lipinski definition) is 0. The highest BCUT2D eigenvalue weighted by molar-refractivity contribution is 6.28. The van der Waals surface area contributed by atoms with E-state index >= 15 is 0 Å². The number of hydrogen-bond acceptors (Lipinski definition) is 2. The minimum absolute atomic E-state index is 0.875. The highest BCUT2D eigenvalue weighted by Crippen LogP contribution is 2.51. The molecule has 444 valence electrons. The Balaban J connectivity index is 0.665. The van der Waals surface area contributed by atoms with Crippen molar-refractivity contribution in [3.63, 3.8) is 0 Å². The molecule has 0 aliphatic rings. The SMILES string of the molecule is c1ccc(-c2c3ccccc3c(-c3cccc4oc5ccc(-c6ccc(-c7ccc8c(c7)cc(-c7cccc(-c9c%10ccccc%10c(-c%10cccc%11oc%12cc(-c%13ccc%14ccccc%14c%13)ccc%12c%10%11)c%10ccccc9%10)c7)c7ccccc78)cc6)cc5c34)c3ccccc23)cc1. The Morgan fingerprint density at radius 2 is 0.562 bits per heavy atom. The molecular formula is C94H56O2. The normalized spacial score (nSPS) is 12.0. The van der Waals surface area contributed by atoms with Crippen molar-refractivity contribution in [2.75, 3.05) is 0 Å². The molecule has 0 amide bonds. The van der Waals surface area contributed by atoms with Crippen molar-refractivity contribution in [1.29, 1.82) is 0 Å². The molecule has 20 rings (SSSR count). The van der Waals surface area contributed by atoms with Gasteiger partial charge in [0.25, 0.3) is 0 Å². The van der Waals surface area contributed by atoms with Crippen molar-refractivity contribution in [2.45, 2.75) is 0 Å². The second kappa shape index (κ2) is 21.5. The van der Waals surface area contributed by atoms with Crippen molar-refractivity contribution in [3.05, 3.63) is 340 Å². The molecule has 96 heavy (non-hydrogen) atoms. The lowest BCUT2D eigenvalue weighted by Gasteiger charge is -2.19. The summed E-state index contributed by atoms with van der Waals surface area (Å²) in [5.41, 5.74) is 22.5. The van der Waals surface area contributed by atoms with E-state index in [1.54, 1.807) is 0 Å². The summed E-state index contributed by atoms with van der Waals surface area (Å²) in [5.74, 6) is 0. The van der Waals surface area contributed by atoms with Crippen LogP contribution in [0, 0.1) is 0 Å². The van der Waals surface area contributed by atoms with E-state index in [4.69, 9.17) is 8.83 Å². The minimum atomic E-state index is 0.875. The lowest BCUT2D eigenvalue weighted by molar-refractivity contribution is 0.668. The van der Waals surface area contributed by atoms with Gasteiger partial charge in [0.05, 0.1) is 0 Å². The fourth-order valence-electron chi connectivity index (χ4n) is 16.1. The third kappa shape index (κ3) is 8.45. The molecule has 0 saturated carbocycles. The summed E-state index contributed by atoms with van der Waals surface area (Å²) in [5, 5.41) is 21.6. The van der Waals surface area contributed by atoms with Crippen LogP contribution in [-0.4, -0.2) is 0 Å². The molecule has 0 saturated heterocycles. The Morgan fingerprint density at radius 1 is 0.146 bits per heavy atom. The first-order chi connectivity index (χ1) is 47.6. The summed E-state index contributed by atoms with van der Waals surface area (Å²) in [6.45, 7) is 0. The van der Waals surface area contributed by atoms with Gasteiger partial charge < -0.3 is 8.83 Å². The number of rotatable bonds is 8. The molecule has 0 bridgehead atoms. The molecule has 0 spiro atoms. The summed E-state index contributed by atoms with van der Waals surface area (Å²) in [6.07, 6.45) is 0. The highest BCUT2D eigenvalue weighted by atomic mass is 16.3. The van der Waals surface area contributed by atoms with Gasteiger partial charge in [-0.25, -0.2) is 0 Å². The Bertz CT molecular complexity index is 6510. The molecule has 0 unspecified atom stereocenters. The van der Waals surface area contributed by atoms with Crippen LogP contribution >= 0.6 is 0 Å². The summed E-state index contributed by atoms with van der Waals surface area (Å²) >= 11 is 0. The highest BCUT2D eigenvalue weighted by Gasteiger charge is 2.24.